The summed E-state index contributed by atoms with van der Waals surface area (Å²) in [5.74, 6) is -1.27. The van der Waals surface area contributed by atoms with Crippen molar-refractivity contribution in [1.82, 2.24) is 0 Å². The molecular weight excluding hydrogens is 386 g/mol. The average molecular weight is 413 g/mol. The quantitative estimate of drug-likeness (QED) is 0.461. The van der Waals surface area contributed by atoms with Gasteiger partial charge in [-0.3, -0.25) is 0 Å². The SMILES string of the molecule is C#C[C@@]1(CO[Si](c2ccccc2)(c2ccccc2)C(C)(C)C)C=C[C@@H](O)C1(F)F. The van der Waals surface area contributed by atoms with Crippen LogP contribution in [0.1, 0.15) is 20.8 Å². The summed E-state index contributed by atoms with van der Waals surface area (Å²) in [7, 11) is -3.01. The number of hydrogen-bond acceptors (Lipinski definition) is 2. The van der Waals surface area contributed by atoms with Gasteiger partial charge < -0.3 is 9.53 Å². The first-order chi connectivity index (χ1) is 13.6. The summed E-state index contributed by atoms with van der Waals surface area (Å²) in [5, 5.41) is 11.4. The highest BCUT2D eigenvalue weighted by molar-refractivity contribution is 6.99. The van der Waals surface area contributed by atoms with E-state index in [1.165, 1.54) is 6.08 Å². The van der Waals surface area contributed by atoms with E-state index < -0.39 is 25.8 Å². The second kappa shape index (κ2) is 7.53. The summed E-state index contributed by atoms with van der Waals surface area (Å²) in [5.41, 5.74) is -1.99. The van der Waals surface area contributed by atoms with E-state index in [2.05, 4.69) is 26.7 Å². The van der Waals surface area contributed by atoms with Crippen LogP contribution < -0.4 is 10.4 Å². The molecule has 2 nitrogen and oxygen atoms in total. The summed E-state index contributed by atoms with van der Waals surface area (Å²) in [4.78, 5) is 0. The van der Waals surface area contributed by atoms with E-state index in [1.807, 2.05) is 60.7 Å². The van der Waals surface area contributed by atoms with Crippen LogP contribution in [0.15, 0.2) is 72.8 Å². The van der Waals surface area contributed by atoms with Crippen LogP contribution in [0.25, 0.3) is 0 Å². The predicted molar refractivity (Wildman–Crippen MR) is 115 cm³/mol. The molecule has 1 N–H and O–H groups in total. The van der Waals surface area contributed by atoms with Gasteiger partial charge in [-0.1, -0.05) is 99.5 Å². The van der Waals surface area contributed by atoms with Crippen molar-refractivity contribution < 1.29 is 18.3 Å². The van der Waals surface area contributed by atoms with Gasteiger partial charge in [-0.15, -0.1) is 6.42 Å². The van der Waals surface area contributed by atoms with Crippen LogP contribution in [0.5, 0.6) is 0 Å². The summed E-state index contributed by atoms with van der Waals surface area (Å²) in [6, 6.07) is 19.5. The summed E-state index contributed by atoms with van der Waals surface area (Å²) in [6.45, 7) is 5.83. The molecule has 0 aliphatic heterocycles. The smallest absolute Gasteiger partial charge is 0.298 e. The van der Waals surface area contributed by atoms with E-state index in [0.717, 1.165) is 16.4 Å². The van der Waals surface area contributed by atoms with Gasteiger partial charge in [-0.05, 0) is 15.4 Å². The lowest BCUT2D eigenvalue weighted by molar-refractivity contribution is -0.137. The van der Waals surface area contributed by atoms with Crippen molar-refractivity contribution in [1.29, 1.82) is 0 Å². The molecular formula is C24H26F2O2Si. The van der Waals surface area contributed by atoms with E-state index in [9.17, 15) is 13.9 Å². The Bertz CT molecular complexity index is 874. The maximum Gasteiger partial charge on any atom is 0.298 e. The van der Waals surface area contributed by atoms with Gasteiger partial charge >= 0.3 is 0 Å². The molecule has 29 heavy (non-hydrogen) atoms. The molecule has 0 saturated carbocycles. The van der Waals surface area contributed by atoms with Crippen molar-refractivity contribution in [3.05, 3.63) is 72.8 Å². The van der Waals surface area contributed by atoms with E-state index >= 15 is 0 Å². The second-order valence-electron chi connectivity index (χ2n) is 8.49. The van der Waals surface area contributed by atoms with E-state index in [-0.39, 0.29) is 11.6 Å². The lowest BCUT2D eigenvalue weighted by Crippen LogP contribution is -2.67. The van der Waals surface area contributed by atoms with Gasteiger partial charge in [-0.25, -0.2) is 8.78 Å². The van der Waals surface area contributed by atoms with E-state index in [1.54, 1.807) is 0 Å². The summed E-state index contributed by atoms with van der Waals surface area (Å²) < 4.78 is 36.2. The van der Waals surface area contributed by atoms with E-state index in [0.29, 0.717) is 0 Å². The zero-order chi connectivity index (χ0) is 21.3. The maximum atomic E-state index is 14.8. The molecule has 1 aliphatic carbocycles. The standard InChI is InChI=1S/C24H26F2O2Si/c1-5-23(17-16-21(27)24(23,25)26)18-28-29(22(2,3)4,19-12-8-6-9-13-19)20-14-10-7-11-15-20/h1,6-17,21,27H,18H2,2-4H3/t21-,23+/m1/s1. The Morgan fingerprint density at radius 2 is 1.52 bits per heavy atom. The van der Waals surface area contributed by atoms with Gasteiger partial charge in [0.15, 0.2) is 0 Å². The Balaban J connectivity index is 2.15. The van der Waals surface area contributed by atoms with Crippen LogP contribution in [0.3, 0.4) is 0 Å². The van der Waals surface area contributed by atoms with Crippen molar-refractivity contribution in [2.24, 2.45) is 5.41 Å². The van der Waals surface area contributed by atoms with Gasteiger partial charge in [0.25, 0.3) is 14.2 Å². The molecule has 2 aromatic carbocycles. The Kier molecular flexibility index (Phi) is 5.57. The number of halogens is 2. The Hall–Kier alpha value is -2.26. The van der Waals surface area contributed by atoms with Gasteiger partial charge in [0.1, 0.15) is 11.5 Å². The molecule has 152 valence electrons. The molecule has 2 atom stereocenters. The highest BCUT2D eigenvalue weighted by Crippen LogP contribution is 2.47. The molecule has 0 fully saturated rings. The number of hydrogen-bond donors (Lipinski definition) is 1. The average Bonchev–Trinajstić information content (AvgIpc) is 2.93. The molecule has 2 aromatic rings. The number of aliphatic hydroxyl groups is 1. The number of rotatable bonds is 5. The fourth-order valence-corrected chi connectivity index (χ4v) is 8.66. The second-order valence-corrected chi connectivity index (χ2v) is 12.8. The highest BCUT2D eigenvalue weighted by atomic mass is 28.4. The number of terminal acetylenes is 1. The van der Waals surface area contributed by atoms with Crippen molar-refractivity contribution in [3.63, 3.8) is 0 Å². The van der Waals surface area contributed by atoms with Crippen LogP contribution in [-0.2, 0) is 4.43 Å². The molecule has 0 unspecified atom stereocenters. The van der Waals surface area contributed by atoms with Crippen molar-refractivity contribution in [2.75, 3.05) is 6.61 Å². The monoisotopic (exact) mass is 412 g/mol. The minimum atomic E-state index is -3.49. The fourth-order valence-electron chi connectivity index (χ4n) is 4.07. The Labute approximate surface area is 172 Å². The predicted octanol–water partition coefficient (Wildman–Crippen LogP) is 3.75. The van der Waals surface area contributed by atoms with Crippen LogP contribution >= 0.6 is 0 Å². The third-order valence-electron chi connectivity index (χ3n) is 5.72. The van der Waals surface area contributed by atoms with Crippen molar-refractivity contribution in [3.8, 4) is 12.3 Å². The molecule has 0 radical (unpaired) electrons. The first-order valence-electron chi connectivity index (χ1n) is 9.59. The summed E-state index contributed by atoms with van der Waals surface area (Å²) >= 11 is 0. The molecule has 0 amide bonds. The molecule has 0 heterocycles. The largest absolute Gasteiger partial charge is 0.405 e. The van der Waals surface area contributed by atoms with Crippen LogP contribution in [0.4, 0.5) is 8.78 Å². The molecule has 0 bridgehead atoms. The molecule has 3 rings (SSSR count). The number of benzene rings is 2. The van der Waals surface area contributed by atoms with Crippen LogP contribution in [0, 0.1) is 17.8 Å². The summed E-state index contributed by atoms with van der Waals surface area (Å²) in [6.07, 6.45) is 5.93. The number of alkyl halides is 2. The maximum absolute atomic E-state index is 14.8. The van der Waals surface area contributed by atoms with Crippen molar-refractivity contribution in [2.45, 2.75) is 37.8 Å². The molecule has 1 aliphatic rings. The highest BCUT2D eigenvalue weighted by Gasteiger charge is 2.61. The molecule has 0 aromatic heterocycles. The Morgan fingerprint density at radius 3 is 1.86 bits per heavy atom. The van der Waals surface area contributed by atoms with Crippen LogP contribution in [-0.4, -0.2) is 32.1 Å². The Morgan fingerprint density at radius 1 is 1.03 bits per heavy atom. The van der Waals surface area contributed by atoms with E-state index in [4.69, 9.17) is 10.8 Å². The lowest BCUT2D eigenvalue weighted by Gasteiger charge is -2.45. The third-order valence-corrected chi connectivity index (χ3v) is 10.7. The van der Waals surface area contributed by atoms with Gasteiger partial charge in [-0.2, -0.15) is 0 Å². The van der Waals surface area contributed by atoms with Gasteiger partial charge in [0.2, 0.25) is 0 Å². The first-order valence-corrected chi connectivity index (χ1v) is 11.5. The van der Waals surface area contributed by atoms with Crippen LogP contribution in [0.2, 0.25) is 5.04 Å². The van der Waals surface area contributed by atoms with Crippen molar-refractivity contribution >= 4 is 18.7 Å². The fraction of sp³-hybridized carbons (Fsp3) is 0.333. The molecule has 0 saturated heterocycles. The topological polar surface area (TPSA) is 29.5 Å². The van der Waals surface area contributed by atoms with Gasteiger partial charge in [0.05, 0.1) is 6.61 Å². The zero-order valence-corrected chi connectivity index (χ0v) is 17.9. The number of aliphatic hydroxyl groups excluding tert-OH is 1. The zero-order valence-electron chi connectivity index (χ0n) is 16.9. The minimum Gasteiger partial charge on any atom is -0.405 e. The minimum absolute atomic E-state index is 0.359. The third kappa shape index (κ3) is 3.36. The lowest BCUT2D eigenvalue weighted by atomic mass is 9.85. The first kappa shape index (κ1) is 21.4. The normalized spacial score (nSPS) is 23.7. The molecule has 0 spiro atoms. The van der Waals surface area contributed by atoms with Gasteiger partial charge in [0, 0.05) is 0 Å². The molecule has 5 heteroatoms.